The van der Waals surface area contributed by atoms with Crippen molar-refractivity contribution in [2.75, 3.05) is 0 Å². The van der Waals surface area contributed by atoms with E-state index in [4.69, 9.17) is 18.6 Å². The maximum Gasteiger partial charge on any atom is 0.463 e. The molecule has 29 heavy (non-hydrogen) atoms. The van der Waals surface area contributed by atoms with Crippen LogP contribution in [0.4, 0.5) is 0 Å². The average Bonchev–Trinajstić information content (AvgIpc) is 2.88. The lowest BCUT2D eigenvalue weighted by molar-refractivity contribution is 0.00578. The summed E-state index contributed by atoms with van der Waals surface area (Å²) in [5.41, 5.74) is 0.714. The Kier molecular flexibility index (Phi) is 5.76. The molecule has 2 fully saturated rings. The van der Waals surface area contributed by atoms with Crippen molar-refractivity contribution in [3.8, 4) is 0 Å². The minimum Gasteiger partial charge on any atom is -0.403 e. The molecule has 0 aliphatic carbocycles. The van der Waals surface area contributed by atoms with Crippen molar-refractivity contribution in [3.63, 3.8) is 0 Å². The first-order chi connectivity index (χ1) is 13.1. The van der Waals surface area contributed by atoms with Gasteiger partial charge in [-0.05, 0) is 73.4 Å². The van der Waals surface area contributed by atoms with Gasteiger partial charge in [-0.3, -0.25) is 0 Å². The van der Waals surface area contributed by atoms with E-state index in [-0.39, 0.29) is 5.72 Å². The lowest BCUT2D eigenvalue weighted by atomic mass is 9.48. The predicted molar refractivity (Wildman–Crippen MR) is 123 cm³/mol. The van der Waals surface area contributed by atoms with Gasteiger partial charge in [0, 0.05) is 0 Å². The Morgan fingerprint density at radius 2 is 1.10 bits per heavy atom. The van der Waals surface area contributed by atoms with Crippen LogP contribution in [-0.4, -0.2) is 45.4 Å². The first kappa shape index (κ1) is 23.1. The van der Waals surface area contributed by atoms with Crippen LogP contribution in [0.5, 0.6) is 0 Å². The molecule has 1 aromatic rings. The second-order valence-electron chi connectivity index (χ2n) is 10.8. The van der Waals surface area contributed by atoms with Gasteiger partial charge in [0.15, 0.2) is 0 Å². The zero-order valence-electron chi connectivity index (χ0n) is 20.1. The van der Waals surface area contributed by atoms with Gasteiger partial charge in [0.2, 0.25) is 0 Å². The van der Waals surface area contributed by atoms with E-state index in [1.54, 1.807) is 0 Å². The average molecular weight is 415 g/mol. The fraction of sp³-hybridized carbons (Fsp3) is 0.727. The number of hydrogen-bond acceptors (Lipinski definition) is 4. The SMILES string of the molecule is Cc1cccc([Si](C)C)c1C(B1OC(C)(C)C(C)(C)O1)B1OC(C)(C)C(C)(C)O1. The summed E-state index contributed by atoms with van der Waals surface area (Å²) in [6, 6.07) is 6.57. The van der Waals surface area contributed by atoms with Crippen LogP contribution in [0.1, 0.15) is 72.2 Å². The molecule has 0 amide bonds. The highest BCUT2D eigenvalue weighted by molar-refractivity contribution is 6.74. The summed E-state index contributed by atoms with van der Waals surface area (Å²) in [4.78, 5) is 0. The van der Waals surface area contributed by atoms with Gasteiger partial charge in [-0.1, -0.05) is 36.5 Å². The molecular weight excluding hydrogens is 378 g/mol. The third kappa shape index (κ3) is 3.89. The standard InChI is InChI=1S/C22H37B2O4Si/c1-15-13-12-14-16(29(10)11)17(15)18(23-25-19(2,3)20(4,5)26-23)24-27-21(6,7)22(8,9)28-24/h12-14,18H,1-11H3. The molecule has 0 unspecified atom stereocenters. The van der Waals surface area contributed by atoms with Crippen LogP contribution in [0.25, 0.3) is 0 Å². The van der Waals surface area contributed by atoms with E-state index in [1.807, 2.05) is 0 Å². The van der Waals surface area contributed by atoms with Crippen molar-refractivity contribution in [1.29, 1.82) is 0 Å². The maximum atomic E-state index is 6.55. The van der Waals surface area contributed by atoms with E-state index < -0.39 is 45.4 Å². The van der Waals surface area contributed by atoms with E-state index in [9.17, 15) is 0 Å². The highest BCUT2D eigenvalue weighted by atomic mass is 28.3. The van der Waals surface area contributed by atoms with Crippen molar-refractivity contribution >= 4 is 28.2 Å². The second kappa shape index (κ2) is 7.23. The van der Waals surface area contributed by atoms with E-state index in [1.165, 1.54) is 16.3 Å². The van der Waals surface area contributed by atoms with Gasteiger partial charge >= 0.3 is 14.2 Å². The van der Waals surface area contributed by atoms with Gasteiger partial charge in [-0.25, -0.2) is 0 Å². The fourth-order valence-corrected chi connectivity index (χ4v) is 5.36. The van der Waals surface area contributed by atoms with E-state index >= 15 is 0 Å². The van der Waals surface area contributed by atoms with Crippen LogP contribution < -0.4 is 5.19 Å². The van der Waals surface area contributed by atoms with Gasteiger partial charge in [-0.15, -0.1) is 0 Å². The maximum absolute atomic E-state index is 6.55. The largest absolute Gasteiger partial charge is 0.463 e. The highest BCUT2D eigenvalue weighted by Gasteiger charge is 2.62. The quantitative estimate of drug-likeness (QED) is 0.688. The minimum atomic E-state index is -0.702. The normalized spacial score (nSPS) is 24.7. The molecule has 0 saturated carbocycles. The van der Waals surface area contributed by atoms with E-state index in [0.717, 1.165) is 0 Å². The third-order valence-electron chi connectivity index (χ3n) is 7.33. The van der Waals surface area contributed by atoms with Gasteiger partial charge in [0.05, 0.1) is 36.9 Å². The molecule has 7 heteroatoms. The number of hydrogen-bond donors (Lipinski definition) is 0. The Bertz CT molecular complexity index is 708. The minimum absolute atomic E-state index is 0.159. The van der Waals surface area contributed by atoms with Gasteiger partial charge in [0.25, 0.3) is 0 Å². The number of rotatable bonds is 4. The molecule has 0 N–H and O–H groups in total. The second-order valence-corrected chi connectivity index (χ2v) is 13.4. The van der Waals surface area contributed by atoms with Gasteiger partial charge in [0.1, 0.15) is 0 Å². The van der Waals surface area contributed by atoms with E-state index in [2.05, 4.69) is 93.6 Å². The summed E-state index contributed by atoms with van der Waals surface area (Å²) >= 11 is 0. The molecule has 2 heterocycles. The van der Waals surface area contributed by atoms with Crippen molar-refractivity contribution in [2.45, 2.75) is 104 Å². The fourth-order valence-electron chi connectivity index (χ4n) is 4.03. The zero-order chi connectivity index (χ0) is 22.0. The molecule has 0 atom stereocenters. The van der Waals surface area contributed by atoms with E-state index in [0.29, 0.717) is 0 Å². The lowest BCUT2D eigenvalue weighted by Crippen LogP contribution is -2.45. The highest BCUT2D eigenvalue weighted by Crippen LogP contribution is 2.46. The molecule has 4 nitrogen and oxygen atoms in total. The first-order valence-corrected chi connectivity index (χ1v) is 13.2. The molecule has 159 valence electrons. The van der Waals surface area contributed by atoms with Crippen molar-refractivity contribution in [1.82, 2.24) is 0 Å². The van der Waals surface area contributed by atoms with Crippen LogP contribution in [0.3, 0.4) is 0 Å². The van der Waals surface area contributed by atoms with Gasteiger partial charge < -0.3 is 18.6 Å². The van der Waals surface area contributed by atoms with Crippen LogP contribution in [0.2, 0.25) is 13.1 Å². The molecular formula is C22H37B2O4Si. The summed E-state index contributed by atoms with van der Waals surface area (Å²) in [5, 5.41) is 1.39. The summed E-state index contributed by atoms with van der Waals surface area (Å²) in [5.74, 6) is 0. The number of benzene rings is 1. The number of aryl methyl sites for hydroxylation is 1. The van der Waals surface area contributed by atoms with Crippen molar-refractivity contribution in [2.24, 2.45) is 0 Å². The van der Waals surface area contributed by atoms with Gasteiger partial charge in [-0.2, -0.15) is 0 Å². The summed E-state index contributed by atoms with van der Waals surface area (Å²) < 4.78 is 26.2. The summed E-state index contributed by atoms with van der Waals surface area (Å²) in [6.07, 6.45) is 0. The molecule has 2 aliphatic rings. The lowest BCUT2D eigenvalue weighted by Gasteiger charge is -2.32. The van der Waals surface area contributed by atoms with Crippen LogP contribution in [-0.2, 0) is 18.6 Å². The molecule has 0 aromatic heterocycles. The smallest absolute Gasteiger partial charge is 0.403 e. The van der Waals surface area contributed by atoms with Crippen LogP contribution in [0, 0.1) is 6.92 Å². The molecule has 2 saturated heterocycles. The molecule has 3 rings (SSSR count). The van der Waals surface area contributed by atoms with Crippen molar-refractivity contribution < 1.29 is 18.6 Å². The molecule has 0 bridgehead atoms. The van der Waals surface area contributed by atoms with Crippen LogP contribution in [0.15, 0.2) is 18.2 Å². The predicted octanol–water partition coefficient (Wildman–Crippen LogP) is 4.30. The van der Waals surface area contributed by atoms with Crippen LogP contribution >= 0.6 is 0 Å². The summed E-state index contributed by atoms with van der Waals surface area (Å²) in [6.45, 7) is 23.6. The van der Waals surface area contributed by atoms with Crippen molar-refractivity contribution in [3.05, 3.63) is 29.3 Å². The molecule has 2 aliphatic heterocycles. The Balaban J connectivity index is 2.13. The Morgan fingerprint density at radius 3 is 1.45 bits per heavy atom. The Hall–Kier alpha value is -0.593. The Labute approximate surface area is 179 Å². The molecule has 1 radical (unpaired) electrons. The summed E-state index contributed by atoms with van der Waals surface area (Å²) in [7, 11) is -1.57. The first-order valence-electron chi connectivity index (χ1n) is 10.7. The third-order valence-corrected chi connectivity index (χ3v) is 8.84. The monoisotopic (exact) mass is 415 g/mol. The zero-order valence-corrected chi connectivity index (χ0v) is 21.1. The Morgan fingerprint density at radius 1 is 0.724 bits per heavy atom. The molecule has 0 spiro atoms. The molecule has 1 aromatic carbocycles. The topological polar surface area (TPSA) is 36.9 Å².